The van der Waals surface area contributed by atoms with Gasteiger partial charge < -0.3 is 4.90 Å². The molecule has 0 radical (unpaired) electrons. The van der Waals surface area contributed by atoms with Crippen molar-refractivity contribution >= 4 is 21.4 Å². The Balaban J connectivity index is 1.99. The van der Waals surface area contributed by atoms with E-state index in [1.54, 1.807) is 11.0 Å². The normalized spacial score (nSPS) is 23.3. The van der Waals surface area contributed by atoms with Crippen LogP contribution in [0.25, 0.3) is 0 Å². The van der Waals surface area contributed by atoms with Crippen LogP contribution in [0.1, 0.15) is 36.8 Å². The molecule has 23 heavy (non-hydrogen) atoms. The van der Waals surface area contributed by atoms with Gasteiger partial charge in [0.05, 0.1) is 11.8 Å². The standard InChI is InChI=1S/C18H23NO3S/c1-13-9-14(2)11-17(10-13)19(16-7-8-23(21,22)12-16)18(20)15-5-3-4-6-15/h7-11,15-16H,3-6,12H2,1-2H3/t16-/m1/s1. The molecule has 2 aliphatic rings. The molecule has 0 spiro atoms. The second kappa shape index (κ2) is 6.11. The van der Waals surface area contributed by atoms with Gasteiger partial charge in [-0.3, -0.25) is 4.79 Å². The van der Waals surface area contributed by atoms with Gasteiger partial charge in [0.1, 0.15) is 0 Å². The molecule has 1 aliphatic carbocycles. The Labute approximate surface area is 138 Å². The molecule has 124 valence electrons. The Hall–Kier alpha value is -1.62. The lowest BCUT2D eigenvalue weighted by molar-refractivity contribution is -0.122. The van der Waals surface area contributed by atoms with E-state index in [1.807, 2.05) is 26.0 Å². The van der Waals surface area contributed by atoms with Gasteiger partial charge in [-0.15, -0.1) is 0 Å². The molecule has 1 saturated carbocycles. The first-order valence-corrected chi connectivity index (χ1v) is 9.89. The Morgan fingerprint density at radius 3 is 2.22 bits per heavy atom. The highest BCUT2D eigenvalue weighted by Gasteiger charge is 2.35. The summed E-state index contributed by atoms with van der Waals surface area (Å²) in [6.07, 6.45) is 5.62. The molecular formula is C18H23NO3S. The number of sulfone groups is 1. The van der Waals surface area contributed by atoms with E-state index in [2.05, 4.69) is 6.07 Å². The van der Waals surface area contributed by atoms with Crippen LogP contribution < -0.4 is 4.90 Å². The van der Waals surface area contributed by atoms with Gasteiger partial charge in [0.2, 0.25) is 5.91 Å². The summed E-state index contributed by atoms with van der Waals surface area (Å²) in [5, 5.41) is 1.25. The number of hydrogen-bond acceptors (Lipinski definition) is 3. The highest BCUT2D eigenvalue weighted by molar-refractivity contribution is 7.94. The molecule has 0 saturated heterocycles. The first-order valence-electron chi connectivity index (χ1n) is 8.18. The van der Waals surface area contributed by atoms with E-state index in [9.17, 15) is 13.2 Å². The van der Waals surface area contributed by atoms with E-state index in [0.29, 0.717) is 0 Å². The van der Waals surface area contributed by atoms with Crippen molar-refractivity contribution in [2.45, 2.75) is 45.6 Å². The van der Waals surface area contributed by atoms with Gasteiger partial charge in [-0.2, -0.15) is 0 Å². The maximum absolute atomic E-state index is 13.1. The van der Waals surface area contributed by atoms with Crippen LogP contribution in [0.15, 0.2) is 29.7 Å². The number of hydrogen-bond donors (Lipinski definition) is 0. The lowest BCUT2D eigenvalue weighted by Gasteiger charge is -2.30. The third-order valence-electron chi connectivity index (χ3n) is 4.67. The summed E-state index contributed by atoms with van der Waals surface area (Å²) in [5.41, 5.74) is 2.97. The topological polar surface area (TPSA) is 54.5 Å². The fourth-order valence-electron chi connectivity index (χ4n) is 3.66. The summed E-state index contributed by atoms with van der Waals surface area (Å²) in [7, 11) is -3.20. The average Bonchev–Trinajstić information content (AvgIpc) is 3.07. The van der Waals surface area contributed by atoms with Gasteiger partial charge in [0.25, 0.3) is 0 Å². The van der Waals surface area contributed by atoms with E-state index in [1.165, 1.54) is 5.41 Å². The highest BCUT2D eigenvalue weighted by atomic mass is 32.2. The van der Waals surface area contributed by atoms with Gasteiger partial charge >= 0.3 is 0 Å². The molecular weight excluding hydrogens is 310 g/mol. The van der Waals surface area contributed by atoms with E-state index >= 15 is 0 Å². The largest absolute Gasteiger partial charge is 0.304 e. The van der Waals surface area contributed by atoms with Crippen molar-refractivity contribution in [2.24, 2.45) is 5.92 Å². The van der Waals surface area contributed by atoms with Crippen molar-refractivity contribution in [1.29, 1.82) is 0 Å². The van der Waals surface area contributed by atoms with Crippen molar-refractivity contribution in [2.75, 3.05) is 10.7 Å². The summed E-state index contributed by atoms with van der Waals surface area (Å²) in [6.45, 7) is 3.99. The van der Waals surface area contributed by atoms with Crippen LogP contribution in [0.5, 0.6) is 0 Å². The molecule has 1 fully saturated rings. The van der Waals surface area contributed by atoms with Gasteiger partial charge in [-0.25, -0.2) is 8.42 Å². The van der Waals surface area contributed by atoms with Gasteiger partial charge in [-0.05, 0) is 56.0 Å². The predicted octanol–water partition coefficient (Wildman–Crippen LogP) is 3.14. The molecule has 0 aromatic heterocycles. The van der Waals surface area contributed by atoms with Crippen LogP contribution >= 0.6 is 0 Å². The Morgan fingerprint density at radius 2 is 1.70 bits per heavy atom. The van der Waals surface area contributed by atoms with Crippen molar-refractivity contribution in [1.82, 2.24) is 0 Å². The first-order chi connectivity index (χ1) is 10.9. The molecule has 0 N–H and O–H groups in total. The van der Waals surface area contributed by atoms with Crippen LogP contribution in [-0.4, -0.2) is 26.1 Å². The number of nitrogens with zero attached hydrogens (tertiary/aromatic N) is 1. The van der Waals surface area contributed by atoms with Crippen molar-refractivity contribution in [3.8, 4) is 0 Å². The summed E-state index contributed by atoms with van der Waals surface area (Å²) in [6, 6.07) is 5.61. The summed E-state index contributed by atoms with van der Waals surface area (Å²) >= 11 is 0. The number of rotatable bonds is 3. The minimum Gasteiger partial charge on any atom is -0.304 e. The van der Waals surface area contributed by atoms with Crippen LogP contribution in [0.3, 0.4) is 0 Å². The number of carbonyl (C=O) groups is 1. The lowest BCUT2D eigenvalue weighted by Crippen LogP contribution is -2.44. The fraction of sp³-hybridized carbons (Fsp3) is 0.500. The minimum absolute atomic E-state index is 0.0154. The highest BCUT2D eigenvalue weighted by Crippen LogP contribution is 2.32. The summed E-state index contributed by atoms with van der Waals surface area (Å²) < 4.78 is 23.7. The molecule has 0 bridgehead atoms. The van der Waals surface area contributed by atoms with Gasteiger partial charge in [0, 0.05) is 17.0 Å². The third kappa shape index (κ3) is 3.50. The molecule has 4 nitrogen and oxygen atoms in total. The Kier molecular flexibility index (Phi) is 4.32. The fourth-order valence-corrected chi connectivity index (χ4v) is 4.93. The SMILES string of the molecule is Cc1cc(C)cc(N(C(=O)C2CCCC2)[C@@H]2C=CS(=O)(=O)C2)c1. The molecule has 0 unspecified atom stereocenters. The molecule has 1 amide bonds. The van der Waals surface area contributed by atoms with Crippen LogP contribution in [0.4, 0.5) is 5.69 Å². The van der Waals surface area contributed by atoms with E-state index in [0.717, 1.165) is 42.5 Å². The predicted molar refractivity (Wildman–Crippen MR) is 92.1 cm³/mol. The van der Waals surface area contributed by atoms with Crippen LogP contribution in [0.2, 0.25) is 0 Å². The molecule has 1 aromatic rings. The molecule has 1 aliphatic heterocycles. The maximum Gasteiger partial charge on any atom is 0.230 e. The molecule has 1 aromatic carbocycles. The van der Waals surface area contributed by atoms with E-state index < -0.39 is 15.9 Å². The second-order valence-corrected chi connectivity index (χ2v) is 8.69. The molecule has 5 heteroatoms. The van der Waals surface area contributed by atoms with Crippen molar-refractivity contribution < 1.29 is 13.2 Å². The number of amides is 1. The van der Waals surface area contributed by atoms with Crippen molar-refractivity contribution in [3.63, 3.8) is 0 Å². The smallest absolute Gasteiger partial charge is 0.230 e. The number of aryl methyl sites for hydroxylation is 2. The van der Waals surface area contributed by atoms with Gasteiger partial charge in [0.15, 0.2) is 9.84 Å². The molecule has 3 rings (SSSR count). The van der Waals surface area contributed by atoms with Gasteiger partial charge in [-0.1, -0.05) is 18.9 Å². The maximum atomic E-state index is 13.1. The molecule has 1 atom stereocenters. The third-order valence-corrected chi connectivity index (χ3v) is 6.05. The Bertz CT molecular complexity index is 725. The first kappa shape index (κ1) is 16.2. The van der Waals surface area contributed by atoms with Crippen LogP contribution in [0, 0.1) is 19.8 Å². The lowest BCUT2D eigenvalue weighted by atomic mass is 10.0. The summed E-state index contributed by atoms with van der Waals surface area (Å²) in [4.78, 5) is 14.8. The second-order valence-electron chi connectivity index (χ2n) is 6.76. The zero-order valence-electron chi connectivity index (χ0n) is 13.7. The summed E-state index contributed by atoms with van der Waals surface area (Å²) in [5.74, 6) is 0.0742. The molecule has 1 heterocycles. The number of anilines is 1. The Morgan fingerprint density at radius 1 is 1.09 bits per heavy atom. The van der Waals surface area contributed by atoms with E-state index in [-0.39, 0.29) is 17.6 Å². The average molecular weight is 333 g/mol. The zero-order valence-corrected chi connectivity index (χ0v) is 14.5. The van der Waals surface area contributed by atoms with Crippen LogP contribution in [-0.2, 0) is 14.6 Å². The van der Waals surface area contributed by atoms with E-state index in [4.69, 9.17) is 0 Å². The van der Waals surface area contributed by atoms with Crippen molar-refractivity contribution in [3.05, 3.63) is 40.8 Å². The minimum atomic E-state index is -3.20. The quantitative estimate of drug-likeness (QED) is 0.854. The zero-order chi connectivity index (χ0) is 16.6. The number of benzene rings is 1. The monoisotopic (exact) mass is 333 g/mol. The number of carbonyl (C=O) groups excluding carboxylic acids is 1.